The highest BCUT2D eigenvalue weighted by molar-refractivity contribution is 9.10. The molecule has 108 valence electrons. The molecule has 1 aliphatic rings. The van der Waals surface area contributed by atoms with Crippen molar-refractivity contribution in [2.75, 3.05) is 11.4 Å². The molecule has 0 spiro atoms. The molecule has 21 heavy (non-hydrogen) atoms. The van der Waals surface area contributed by atoms with Crippen molar-refractivity contribution in [3.05, 3.63) is 52.9 Å². The van der Waals surface area contributed by atoms with Crippen molar-refractivity contribution in [1.82, 2.24) is 5.32 Å². The molecule has 1 atom stereocenters. The van der Waals surface area contributed by atoms with Crippen molar-refractivity contribution in [2.24, 2.45) is 0 Å². The molecule has 1 aromatic heterocycles. The van der Waals surface area contributed by atoms with Crippen LogP contribution in [0.15, 0.2) is 51.6 Å². The molecule has 2 aromatic rings. The van der Waals surface area contributed by atoms with Crippen molar-refractivity contribution in [3.63, 3.8) is 0 Å². The van der Waals surface area contributed by atoms with Gasteiger partial charge in [-0.3, -0.25) is 9.59 Å². The Labute approximate surface area is 130 Å². The fourth-order valence-electron chi connectivity index (χ4n) is 2.35. The first-order valence-electron chi connectivity index (χ1n) is 6.55. The van der Waals surface area contributed by atoms with Gasteiger partial charge in [0.1, 0.15) is 0 Å². The van der Waals surface area contributed by atoms with Crippen LogP contribution < -0.4 is 10.2 Å². The Kier molecular flexibility index (Phi) is 3.79. The summed E-state index contributed by atoms with van der Waals surface area (Å²) in [7, 11) is 0. The van der Waals surface area contributed by atoms with Crippen LogP contribution in [-0.4, -0.2) is 24.4 Å². The zero-order chi connectivity index (χ0) is 14.8. The van der Waals surface area contributed by atoms with Gasteiger partial charge in [0.2, 0.25) is 5.91 Å². The summed E-state index contributed by atoms with van der Waals surface area (Å²) in [5.74, 6) is -0.0759. The van der Waals surface area contributed by atoms with E-state index in [4.69, 9.17) is 4.42 Å². The Hall–Kier alpha value is -2.08. The van der Waals surface area contributed by atoms with Crippen molar-refractivity contribution in [2.45, 2.75) is 12.5 Å². The Morgan fingerprint density at radius 3 is 2.67 bits per heavy atom. The number of rotatable bonds is 3. The zero-order valence-corrected chi connectivity index (χ0v) is 12.7. The molecule has 0 bridgehead atoms. The van der Waals surface area contributed by atoms with Crippen LogP contribution in [0.3, 0.4) is 0 Å². The number of hydrogen-bond donors (Lipinski definition) is 1. The highest BCUT2D eigenvalue weighted by Crippen LogP contribution is 2.21. The molecule has 0 radical (unpaired) electrons. The molecule has 6 heteroatoms. The van der Waals surface area contributed by atoms with Gasteiger partial charge in [0.25, 0.3) is 5.91 Å². The monoisotopic (exact) mass is 348 g/mol. The van der Waals surface area contributed by atoms with E-state index in [0.29, 0.717) is 17.6 Å². The first kappa shape index (κ1) is 13.9. The maximum absolute atomic E-state index is 12.1. The molecule has 1 aromatic carbocycles. The summed E-state index contributed by atoms with van der Waals surface area (Å²) in [6.07, 6.45) is 0.294. The van der Waals surface area contributed by atoms with Gasteiger partial charge in [-0.2, -0.15) is 0 Å². The smallest absolute Gasteiger partial charge is 0.287 e. The number of hydrogen-bond acceptors (Lipinski definition) is 3. The standard InChI is InChI=1S/C15H13BrN2O3/c16-13-7-6-12(21-13)15(20)17-10-8-14(19)18(9-10)11-4-2-1-3-5-11/h1-7,10H,8-9H2,(H,17,20)/t10-/m1/s1. The number of para-hydroxylation sites is 1. The third kappa shape index (κ3) is 3.00. The average Bonchev–Trinajstić information content (AvgIpc) is 3.06. The predicted molar refractivity (Wildman–Crippen MR) is 81.1 cm³/mol. The van der Waals surface area contributed by atoms with Gasteiger partial charge in [-0.05, 0) is 40.2 Å². The Bertz CT molecular complexity index is 669. The van der Waals surface area contributed by atoms with E-state index in [1.54, 1.807) is 17.0 Å². The van der Waals surface area contributed by atoms with Crippen LogP contribution in [0.4, 0.5) is 5.69 Å². The second kappa shape index (κ2) is 5.73. The normalized spacial score (nSPS) is 18.0. The first-order chi connectivity index (χ1) is 10.1. The molecule has 0 saturated carbocycles. The molecule has 1 aliphatic heterocycles. The van der Waals surface area contributed by atoms with E-state index in [1.165, 1.54) is 0 Å². The topological polar surface area (TPSA) is 62.6 Å². The van der Waals surface area contributed by atoms with Gasteiger partial charge in [-0.15, -0.1) is 0 Å². The van der Waals surface area contributed by atoms with Crippen molar-refractivity contribution in [1.29, 1.82) is 0 Å². The molecule has 0 aliphatic carbocycles. The van der Waals surface area contributed by atoms with E-state index in [9.17, 15) is 9.59 Å². The maximum Gasteiger partial charge on any atom is 0.287 e. The molecule has 2 amide bonds. The van der Waals surface area contributed by atoms with Crippen LogP contribution in [0.2, 0.25) is 0 Å². The van der Waals surface area contributed by atoms with Gasteiger partial charge < -0.3 is 14.6 Å². The van der Waals surface area contributed by atoms with E-state index >= 15 is 0 Å². The highest BCUT2D eigenvalue weighted by Gasteiger charge is 2.32. The number of carbonyl (C=O) groups is 2. The number of halogens is 1. The second-order valence-electron chi connectivity index (χ2n) is 4.82. The van der Waals surface area contributed by atoms with E-state index in [0.717, 1.165) is 5.69 Å². The van der Waals surface area contributed by atoms with Crippen molar-refractivity contribution < 1.29 is 14.0 Å². The fraction of sp³-hybridized carbons (Fsp3) is 0.200. The van der Waals surface area contributed by atoms with Crippen LogP contribution in [0.5, 0.6) is 0 Å². The molecule has 1 fully saturated rings. The lowest BCUT2D eigenvalue weighted by Crippen LogP contribution is -2.37. The number of anilines is 1. The van der Waals surface area contributed by atoms with Crippen molar-refractivity contribution >= 4 is 33.4 Å². The van der Waals surface area contributed by atoms with Crippen molar-refractivity contribution in [3.8, 4) is 0 Å². The molecule has 2 heterocycles. The Morgan fingerprint density at radius 1 is 1.24 bits per heavy atom. The van der Waals surface area contributed by atoms with Crippen LogP contribution in [0, 0.1) is 0 Å². The Morgan fingerprint density at radius 2 is 2.00 bits per heavy atom. The molecular weight excluding hydrogens is 336 g/mol. The van der Waals surface area contributed by atoms with Gasteiger partial charge in [-0.25, -0.2) is 0 Å². The third-order valence-corrected chi connectivity index (χ3v) is 3.75. The third-order valence-electron chi connectivity index (χ3n) is 3.33. The van der Waals surface area contributed by atoms with Crippen LogP contribution in [-0.2, 0) is 4.79 Å². The summed E-state index contributed by atoms with van der Waals surface area (Å²) in [4.78, 5) is 25.7. The number of benzene rings is 1. The van der Waals surface area contributed by atoms with Crippen LogP contribution >= 0.6 is 15.9 Å². The van der Waals surface area contributed by atoms with E-state index in [1.807, 2.05) is 30.3 Å². The number of nitrogens with zero attached hydrogens (tertiary/aromatic N) is 1. The van der Waals surface area contributed by atoms with Gasteiger partial charge in [0.05, 0.1) is 6.04 Å². The minimum absolute atomic E-state index is 0.00660. The van der Waals surface area contributed by atoms with Gasteiger partial charge in [0.15, 0.2) is 10.4 Å². The molecule has 0 unspecified atom stereocenters. The summed E-state index contributed by atoms with van der Waals surface area (Å²) in [6, 6.07) is 12.5. The summed E-state index contributed by atoms with van der Waals surface area (Å²) >= 11 is 3.15. The van der Waals surface area contributed by atoms with Crippen LogP contribution in [0.25, 0.3) is 0 Å². The summed E-state index contributed by atoms with van der Waals surface area (Å²) in [5, 5.41) is 2.82. The zero-order valence-electron chi connectivity index (χ0n) is 11.1. The summed E-state index contributed by atoms with van der Waals surface area (Å²) in [5.41, 5.74) is 0.847. The quantitative estimate of drug-likeness (QED) is 0.927. The van der Waals surface area contributed by atoms with Gasteiger partial charge >= 0.3 is 0 Å². The number of nitrogens with one attached hydrogen (secondary N) is 1. The largest absolute Gasteiger partial charge is 0.444 e. The van der Waals surface area contributed by atoms with E-state index in [-0.39, 0.29) is 23.6 Å². The molecular formula is C15H13BrN2O3. The SMILES string of the molecule is O=C(N[C@@H]1CC(=O)N(c2ccccc2)C1)c1ccc(Br)o1. The fourth-order valence-corrected chi connectivity index (χ4v) is 2.66. The molecule has 1 N–H and O–H groups in total. The lowest BCUT2D eigenvalue weighted by Gasteiger charge is -2.16. The van der Waals surface area contributed by atoms with Gasteiger partial charge in [-0.1, -0.05) is 18.2 Å². The van der Waals surface area contributed by atoms with E-state index < -0.39 is 0 Å². The molecule has 1 saturated heterocycles. The minimum atomic E-state index is -0.312. The average molecular weight is 349 g/mol. The summed E-state index contributed by atoms with van der Waals surface area (Å²) in [6.45, 7) is 0.469. The number of amides is 2. The lowest BCUT2D eigenvalue weighted by molar-refractivity contribution is -0.117. The lowest BCUT2D eigenvalue weighted by atomic mass is 10.2. The predicted octanol–water partition coefficient (Wildman–Crippen LogP) is 2.58. The highest BCUT2D eigenvalue weighted by atomic mass is 79.9. The minimum Gasteiger partial charge on any atom is -0.444 e. The maximum atomic E-state index is 12.1. The Balaban J connectivity index is 1.66. The molecule has 5 nitrogen and oxygen atoms in total. The van der Waals surface area contributed by atoms with E-state index in [2.05, 4.69) is 21.2 Å². The first-order valence-corrected chi connectivity index (χ1v) is 7.34. The number of carbonyl (C=O) groups excluding carboxylic acids is 2. The number of furan rings is 1. The summed E-state index contributed by atoms with van der Waals surface area (Å²) < 4.78 is 5.70. The van der Waals surface area contributed by atoms with Crippen LogP contribution in [0.1, 0.15) is 17.0 Å². The van der Waals surface area contributed by atoms with Gasteiger partial charge in [0, 0.05) is 18.7 Å². The second-order valence-corrected chi connectivity index (χ2v) is 5.60. The molecule has 3 rings (SSSR count).